The van der Waals surface area contributed by atoms with Crippen LogP contribution in [0.3, 0.4) is 0 Å². The number of hydrogen-bond acceptors (Lipinski definition) is 3. The molecular formula is C18H35NO2. The van der Waals surface area contributed by atoms with Gasteiger partial charge >= 0.3 is 0 Å². The Morgan fingerprint density at radius 3 is 2.71 bits per heavy atom. The molecule has 21 heavy (non-hydrogen) atoms. The molecule has 4 unspecified atom stereocenters. The molecule has 2 rings (SSSR count). The molecule has 2 aliphatic heterocycles. The van der Waals surface area contributed by atoms with Gasteiger partial charge in [-0.25, -0.2) is 0 Å². The number of hydrogen-bond donors (Lipinski definition) is 1. The number of unbranched alkanes of at least 4 members (excludes halogenated alkanes) is 1. The second-order valence-electron chi connectivity index (χ2n) is 6.98. The van der Waals surface area contributed by atoms with E-state index < -0.39 is 0 Å². The predicted octanol–water partition coefficient (Wildman–Crippen LogP) is 3.77. The Labute approximate surface area is 131 Å². The second kappa shape index (κ2) is 8.50. The zero-order valence-corrected chi connectivity index (χ0v) is 14.3. The third kappa shape index (κ3) is 4.43. The van der Waals surface area contributed by atoms with Crippen molar-refractivity contribution in [1.82, 2.24) is 5.32 Å². The van der Waals surface area contributed by atoms with Crippen LogP contribution in [0.25, 0.3) is 0 Å². The van der Waals surface area contributed by atoms with Crippen molar-refractivity contribution in [1.29, 1.82) is 0 Å². The van der Waals surface area contributed by atoms with Crippen molar-refractivity contribution in [3.63, 3.8) is 0 Å². The van der Waals surface area contributed by atoms with Crippen LogP contribution in [0, 0.1) is 11.8 Å². The molecule has 2 heterocycles. The van der Waals surface area contributed by atoms with Gasteiger partial charge in [-0.1, -0.05) is 40.0 Å². The van der Waals surface area contributed by atoms with Crippen molar-refractivity contribution >= 4 is 0 Å². The number of nitrogens with one attached hydrogen (secondary N) is 1. The first-order valence-corrected chi connectivity index (χ1v) is 9.19. The van der Waals surface area contributed by atoms with E-state index in [0.29, 0.717) is 6.04 Å². The molecule has 1 spiro atoms. The molecule has 1 N–H and O–H groups in total. The topological polar surface area (TPSA) is 30.5 Å². The van der Waals surface area contributed by atoms with E-state index in [1.807, 2.05) is 0 Å². The molecule has 0 aromatic heterocycles. The van der Waals surface area contributed by atoms with Gasteiger partial charge in [0.1, 0.15) is 0 Å². The summed E-state index contributed by atoms with van der Waals surface area (Å²) in [6.07, 6.45) is 8.81. The SMILES string of the molecule is CCCCC(CC)C(NCC)C1CCOC2(CCOC2)C1. The molecule has 0 aromatic carbocycles. The summed E-state index contributed by atoms with van der Waals surface area (Å²) in [5.74, 6) is 1.56. The smallest absolute Gasteiger partial charge is 0.0939 e. The summed E-state index contributed by atoms with van der Waals surface area (Å²) in [4.78, 5) is 0. The van der Waals surface area contributed by atoms with Crippen molar-refractivity contribution in [2.75, 3.05) is 26.4 Å². The number of rotatable bonds is 8. The van der Waals surface area contributed by atoms with Gasteiger partial charge < -0.3 is 14.8 Å². The molecular weight excluding hydrogens is 262 g/mol. The van der Waals surface area contributed by atoms with E-state index >= 15 is 0 Å². The summed E-state index contributed by atoms with van der Waals surface area (Å²) in [6.45, 7) is 10.6. The van der Waals surface area contributed by atoms with Crippen LogP contribution in [-0.4, -0.2) is 38.0 Å². The van der Waals surface area contributed by atoms with Crippen LogP contribution >= 0.6 is 0 Å². The van der Waals surface area contributed by atoms with Crippen LogP contribution in [0.1, 0.15) is 65.7 Å². The maximum atomic E-state index is 6.13. The van der Waals surface area contributed by atoms with Gasteiger partial charge in [-0.2, -0.15) is 0 Å². The van der Waals surface area contributed by atoms with Crippen molar-refractivity contribution < 1.29 is 9.47 Å². The lowest BCUT2D eigenvalue weighted by Crippen LogP contribution is -2.50. The molecule has 0 bridgehead atoms. The van der Waals surface area contributed by atoms with E-state index in [0.717, 1.165) is 44.6 Å². The molecule has 3 nitrogen and oxygen atoms in total. The van der Waals surface area contributed by atoms with Gasteiger partial charge in [0, 0.05) is 25.7 Å². The monoisotopic (exact) mass is 297 g/mol. The van der Waals surface area contributed by atoms with Crippen LogP contribution in [0.5, 0.6) is 0 Å². The summed E-state index contributed by atoms with van der Waals surface area (Å²) in [6, 6.07) is 0.660. The third-order valence-corrected chi connectivity index (χ3v) is 5.51. The molecule has 2 aliphatic rings. The van der Waals surface area contributed by atoms with Crippen LogP contribution in [-0.2, 0) is 9.47 Å². The van der Waals surface area contributed by atoms with Crippen molar-refractivity contribution in [3.05, 3.63) is 0 Å². The molecule has 0 amide bonds. The van der Waals surface area contributed by atoms with Gasteiger partial charge in [0.2, 0.25) is 0 Å². The lowest BCUT2D eigenvalue weighted by atomic mass is 9.75. The average molecular weight is 297 g/mol. The standard InChI is InChI=1S/C18H35NO2/c1-4-7-8-15(5-2)17(19-6-3)16-9-11-21-18(13-16)10-12-20-14-18/h15-17,19H,4-14H2,1-3H3. The molecule has 3 heteroatoms. The Morgan fingerprint density at radius 2 is 2.10 bits per heavy atom. The Morgan fingerprint density at radius 1 is 1.24 bits per heavy atom. The zero-order valence-electron chi connectivity index (χ0n) is 14.3. The maximum absolute atomic E-state index is 6.13. The Balaban J connectivity index is 2.01. The van der Waals surface area contributed by atoms with Gasteiger partial charge in [0.25, 0.3) is 0 Å². The van der Waals surface area contributed by atoms with E-state index in [-0.39, 0.29) is 5.60 Å². The van der Waals surface area contributed by atoms with Crippen molar-refractivity contribution in [3.8, 4) is 0 Å². The first kappa shape index (κ1) is 17.2. The second-order valence-corrected chi connectivity index (χ2v) is 6.98. The van der Waals surface area contributed by atoms with E-state index in [1.165, 1.54) is 38.5 Å². The molecule has 0 radical (unpaired) electrons. The lowest BCUT2D eigenvalue weighted by molar-refractivity contribution is -0.106. The lowest BCUT2D eigenvalue weighted by Gasteiger charge is -2.43. The minimum Gasteiger partial charge on any atom is -0.378 e. The Kier molecular flexibility index (Phi) is 6.97. The molecule has 124 valence electrons. The van der Waals surface area contributed by atoms with Crippen molar-refractivity contribution in [2.45, 2.75) is 77.4 Å². The fourth-order valence-electron chi connectivity index (χ4n) is 4.29. The van der Waals surface area contributed by atoms with Gasteiger partial charge in [-0.15, -0.1) is 0 Å². The summed E-state index contributed by atoms with van der Waals surface area (Å²) >= 11 is 0. The molecule has 2 saturated heterocycles. The Bertz CT molecular complexity index is 289. The van der Waals surface area contributed by atoms with Gasteiger partial charge in [-0.3, -0.25) is 0 Å². The highest BCUT2D eigenvalue weighted by molar-refractivity contribution is 4.95. The van der Waals surface area contributed by atoms with Crippen LogP contribution in [0.2, 0.25) is 0 Å². The minimum absolute atomic E-state index is 0.0413. The molecule has 0 aromatic rings. The normalized spacial score (nSPS) is 32.4. The summed E-state index contributed by atoms with van der Waals surface area (Å²) < 4.78 is 11.8. The summed E-state index contributed by atoms with van der Waals surface area (Å²) in [5.41, 5.74) is 0.0413. The van der Waals surface area contributed by atoms with Gasteiger partial charge in [-0.05, 0) is 37.6 Å². The summed E-state index contributed by atoms with van der Waals surface area (Å²) in [7, 11) is 0. The van der Waals surface area contributed by atoms with Gasteiger partial charge in [0.15, 0.2) is 0 Å². The molecule has 0 saturated carbocycles. The van der Waals surface area contributed by atoms with Crippen LogP contribution in [0.4, 0.5) is 0 Å². The van der Waals surface area contributed by atoms with Crippen molar-refractivity contribution in [2.24, 2.45) is 11.8 Å². The third-order valence-electron chi connectivity index (χ3n) is 5.51. The first-order valence-electron chi connectivity index (χ1n) is 9.19. The highest BCUT2D eigenvalue weighted by Gasteiger charge is 2.43. The fourth-order valence-corrected chi connectivity index (χ4v) is 4.29. The molecule has 2 fully saturated rings. The average Bonchev–Trinajstić information content (AvgIpc) is 2.94. The maximum Gasteiger partial charge on any atom is 0.0939 e. The quantitative estimate of drug-likeness (QED) is 0.740. The van der Waals surface area contributed by atoms with Gasteiger partial charge in [0.05, 0.1) is 12.2 Å². The van der Waals surface area contributed by atoms with Crippen LogP contribution < -0.4 is 5.32 Å². The largest absolute Gasteiger partial charge is 0.378 e. The zero-order chi connectivity index (χ0) is 15.1. The summed E-state index contributed by atoms with van der Waals surface area (Å²) in [5, 5.41) is 3.82. The van der Waals surface area contributed by atoms with E-state index in [2.05, 4.69) is 26.1 Å². The fraction of sp³-hybridized carbons (Fsp3) is 1.00. The molecule has 0 aliphatic carbocycles. The van der Waals surface area contributed by atoms with E-state index in [1.54, 1.807) is 0 Å². The number of ether oxygens (including phenoxy) is 2. The highest BCUT2D eigenvalue weighted by atomic mass is 16.6. The predicted molar refractivity (Wildman–Crippen MR) is 87.6 cm³/mol. The first-order chi connectivity index (χ1) is 10.2. The highest BCUT2D eigenvalue weighted by Crippen LogP contribution is 2.39. The van der Waals surface area contributed by atoms with Crippen LogP contribution in [0.15, 0.2) is 0 Å². The van der Waals surface area contributed by atoms with E-state index in [9.17, 15) is 0 Å². The minimum atomic E-state index is 0.0413. The molecule has 4 atom stereocenters. The Hall–Kier alpha value is -0.120. The van der Waals surface area contributed by atoms with E-state index in [4.69, 9.17) is 9.47 Å².